The molecule has 248 valence electrons. The lowest BCUT2D eigenvalue weighted by Crippen LogP contribution is -2.57. The number of piperazine rings is 1. The molecule has 0 radical (unpaired) electrons. The molecule has 2 aromatic carbocycles. The standard InChI is InChI=1S/C34H40F3N7O2Si/c1-22-6-3-7-23-8-4-9-27(31(22)23)42-13-11-25-26(18-42)39-33(46-20-24-16-34(36,37)21-41(24)2)40-32(25)43-14-15-44(30(45)10-5-12-35)28(19-43)29(47)17-38/h3-10,24,28-29H,11-16,18-21H2,1-2,47H3/b10-5+/t24-,28+,29-/m0/s1. The van der Waals surface area contributed by atoms with Crippen molar-refractivity contribution in [2.45, 2.75) is 49.9 Å². The zero-order chi connectivity index (χ0) is 33.3. The summed E-state index contributed by atoms with van der Waals surface area (Å²) in [6, 6.07) is 14.2. The van der Waals surface area contributed by atoms with Crippen LogP contribution in [-0.2, 0) is 17.8 Å². The Bertz CT molecular complexity index is 1710. The molecule has 9 nitrogen and oxygen atoms in total. The van der Waals surface area contributed by atoms with E-state index in [1.165, 1.54) is 23.1 Å². The van der Waals surface area contributed by atoms with E-state index in [1.807, 2.05) is 0 Å². The average molecular weight is 664 g/mol. The summed E-state index contributed by atoms with van der Waals surface area (Å²) in [7, 11) is 2.21. The minimum atomic E-state index is -2.77. The Balaban J connectivity index is 1.34. The molecule has 0 bridgehead atoms. The summed E-state index contributed by atoms with van der Waals surface area (Å²) < 4.78 is 47.1. The number of halogens is 3. The van der Waals surface area contributed by atoms with Gasteiger partial charge in [-0.05, 0) is 43.5 Å². The highest BCUT2D eigenvalue weighted by Crippen LogP contribution is 2.37. The van der Waals surface area contributed by atoms with Crippen LogP contribution in [0.25, 0.3) is 10.8 Å². The van der Waals surface area contributed by atoms with Gasteiger partial charge < -0.3 is 19.4 Å². The van der Waals surface area contributed by atoms with Crippen molar-refractivity contribution in [3.63, 3.8) is 0 Å². The van der Waals surface area contributed by atoms with Gasteiger partial charge in [0.25, 0.3) is 5.92 Å². The maximum absolute atomic E-state index is 14.1. The van der Waals surface area contributed by atoms with Crippen LogP contribution in [0.3, 0.4) is 0 Å². The van der Waals surface area contributed by atoms with Crippen LogP contribution < -0.4 is 14.5 Å². The van der Waals surface area contributed by atoms with Gasteiger partial charge in [-0.1, -0.05) is 30.3 Å². The van der Waals surface area contributed by atoms with Gasteiger partial charge in [0, 0.05) is 71.6 Å². The highest BCUT2D eigenvalue weighted by Gasteiger charge is 2.43. The van der Waals surface area contributed by atoms with Gasteiger partial charge in [0.1, 0.15) is 19.1 Å². The molecule has 0 unspecified atom stereocenters. The topological polar surface area (TPSA) is 88.8 Å². The first kappa shape index (κ1) is 32.8. The molecule has 3 aromatic rings. The lowest BCUT2D eigenvalue weighted by molar-refractivity contribution is -0.128. The number of aromatic nitrogens is 2. The molecule has 0 N–H and O–H groups in total. The quantitative estimate of drug-likeness (QED) is 0.268. The van der Waals surface area contributed by atoms with Gasteiger partial charge in [-0.2, -0.15) is 15.2 Å². The fourth-order valence-electron chi connectivity index (χ4n) is 7.14. The summed E-state index contributed by atoms with van der Waals surface area (Å²) in [5, 5.41) is 12.2. The van der Waals surface area contributed by atoms with Crippen LogP contribution in [0.4, 0.5) is 24.7 Å². The number of likely N-dealkylation sites (N-methyl/N-ethyl adjacent to an activating group) is 1. The average Bonchev–Trinajstić information content (AvgIpc) is 3.35. The van der Waals surface area contributed by atoms with E-state index in [4.69, 9.17) is 14.7 Å². The van der Waals surface area contributed by atoms with Crippen molar-refractivity contribution in [3.8, 4) is 12.1 Å². The van der Waals surface area contributed by atoms with Crippen LogP contribution in [0.15, 0.2) is 48.6 Å². The molecule has 0 saturated carbocycles. The van der Waals surface area contributed by atoms with Crippen molar-refractivity contribution >= 4 is 38.4 Å². The third-order valence-corrected chi connectivity index (χ3v) is 10.7. The SMILES string of the molecule is Cc1cccc2cccc(N3CCc4c(nc(OC[C@@H]5CC(F)(F)CN5C)nc4N4CCN(C(=O)/C=C/CF)[C@@H]([C@@H]([SiH3])C#N)C4)C3)c12. The van der Waals surface area contributed by atoms with E-state index < -0.39 is 18.6 Å². The number of allylic oxidation sites excluding steroid dienone is 1. The number of carbonyl (C=O) groups is 1. The van der Waals surface area contributed by atoms with Gasteiger partial charge in [0.15, 0.2) is 0 Å². The number of hydrogen-bond donors (Lipinski definition) is 0. The summed E-state index contributed by atoms with van der Waals surface area (Å²) in [6.45, 7) is 3.50. The van der Waals surface area contributed by atoms with Crippen molar-refractivity contribution in [2.75, 3.05) is 62.9 Å². The predicted molar refractivity (Wildman–Crippen MR) is 179 cm³/mol. The molecule has 1 aromatic heterocycles. The Kier molecular flexibility index (Phi) is 9.43. The van der Waals surface area contributed by atoms with Crippen molar-refractivity contribution in [2.24, 2.45) is 0 Å². The van der Waals surface area contributed by atoms with Gasteiger partial charge in [0.05, 0.1) is 36.4 Å². The third kappa shape index (κ3) is 6.80. The molecule has 2 saturated heterocycles. The fraction of sp³-hybridized carbons (Fsp3) is 0.471. The van der Waals surface area contributed by atoms with E-state index in [1.54, 1.807) is 16.8 Å². The van der Waals surface area contributed by atoms with Crippen molar-refractivity contribution in [1.29, 1.82) is 5.26 Å². The Morgan fingerprint density at radius 3 is 2.70 bits per heavy atom. The first-order valence-corrected chi connectivity index (χ1v) is 17.3. The number of benzene rings is 2. The predicted octanol–water partition coefficient (Wildman–Crippen LogP) is 3.44. The van der Waals surface area contributed by atoms with E-state index >= 15 is 0 Å². The summed E-state index contributed by atoms with van der Waals surface area (Å²) >= 11 is 0. The Labute approximate surface area is 276 Å². The van der Waals surface area contributed by atoms with Crippen molar-refractivity contribution in [1.82, 2.24) is 19.8 Å². The number of likely N-dealkylation sites (tertiary alicyclic amines) is 1. The van der Waals surface area contributed by atoms with E-state index in [-0.39, 0.29) is 43.1 Å². The molecule has 0 aliphatic carbocycles. The van der Waals surface area contributed by atoms with E-state index in [2.05, 4.69) is 59.2 Å². The Hall–Kier alpha value is -4.15. The minimum Gasteiger partial charge on any atom is -0.462 e. The molecule has 47 heavy (non-hydrogen) atoms. The summed E-state index contributed by atoms with van der Waals surface area (Å²) in [5.74, 6) is -2.39. The second kappa shape index (κ2) is 13.5. The lowest BCUT2D eigenvalue weighted by atomic mass is 9.99. The van der Waals surface area contributed by atoms with Crippen LogP contribution >= 0.6 is 0 Å². The van der Waals surface area contributed by atoms with Gasteiger partial charge in [-0.15, -0.1) is 0 Å². The lowest BCUT2D eigenvalue weighted by Gasteiger charge is -2.44. The number of anilines is 2. The van der Waals surface area contributed by atoms with E-state index in [0.29, 0.717) is 48.7 Å². The fourth-order valence-corrected chi connectivity index (χ4v) is 7.71. The van der Waals surface area contributed by atoms with Crippen molar-refractivity contribution < 1.29 is 22.7 Å². The van der Waals surface area contributed by atoms with E-state index in [9.17, 15) is 23.2 Å². The molecule has 4 heterocycles. The summed E-state index contributed by atoms with van der Waals surface area (Å²) in [6.07, 6.45) is 2.79. The number of amides is 1. The number of alkyl halides is 3. The second-order valence-corrected chi connectivity index (χ2v) is 14.1. The number of nitrogens with zero attached hydrogens (tertiary/aromatic N) is 7. The normalized spacial score (nSPS) is 22.1. The molecule has 1 amide bonds. The van der Waals surface area contributed by atoms with Gasteiger partial charge >= 0.3 is 6.01 Å². The molecule has 6 rings (SSSR count). The molecule has 3 aliphatic rings. The van der Waals surface area contributed by atoms with Crippen LogP contribution in [0.1, 0.15) is 23.2 Å². The Morgan fingerprint density at radius 2 is 1.98 bits per heavy atom. The molecule has 0 spiro atoms. The molecule has 13 heteroatoms. The zero-order valence-electron chi connectivity index (χ0n) is 27.0. The largest absolute Gasteiger partial charge is 0.462 e. The van der Waals surface area contributed by atoms with Crippen LogP contribution in [-0.4, -0.2) is 107 Å². The number of hydrogen-bond acceptors (Lipinski definition) is 8. The smallest absolute Gasteiger partial charge is 0.318 e. The maximum atomic E-state index is 14.1. The number of fused-ring (bicyclic) bond motifs is 2. The first-order chi connectivity index (χ1) is 22.6. The van der Waals surface area contributed by atoms with Crippen LogP contribution in [0.2, 0.25) is 5.54 Å². The van der Waals surface area contributed by atoms with Crippen molar-refractivity contribution in [3.05, 3.63) is 65.4 Å². The first-order valence-electron chi connectivity index (χ1n) is 16.1. The van der Waals surface area contributed by atoms with Gasteiger partial charge in [-0.3, -0.25) is 9.69 Å². The van der Waals surface area contributed by atoms with Crippen LogP contribution in [0.5, 0.6) is 6.01 Å². The van der Waals surface area contributed by atoms with Gasteiger partial charge in [0.2, 0.25) is 5.91 Å². The summed E-state index contributed by atoms with van der Waals surface area (Å²) in [4.78, 5) is 30.3. The highest BCUT2D eigenvalue weighted by atomic mass is 28.1. The summed E-state index contributed by atoms with van der Waals surface area (Å²) in [5.41, 5.74) is 3.73. The van der Waals surface area contributed by atoms with E-state index in [0.717, 1.165) is 28.9 Å². The second-order valence-electron chi connectivity index (χ2n) is 12.8. The Morgan fingerprint density at radius 1 is 1.19 bits per heavy atom. The number of carbonyl (C=O) groups excluding carboxylic acids is 1. The minimum absolute atomic E-state index is 0.0272. The molecule has 3 aliphatic heterocycles. The molecule has 3 atom stereocenters. The number of nitriles is 1. The molecule has 2 fully saturated rings. The zero-order valence-corrected chi connectivity index (χ0v) is 29.0. The third-order valence-electron chi connectivity index (χ3n) is 9.63. The monoisotopic (exact) mass is 663 g/mol. The maximum Gasteiger partial charge on any atom is 0.318 e. The van der Waals surface area contributed by atoms with Crippen LogP contribution in [0, 0.1) is 18.3 Å². The number of ether oxygens (including phenoxy) is 1. The highest BCUT2D eigenvalue weighted by molar-refractivity contribution is 6.14. The molecular formula is C34H40F3N7O2Si. The number of aryl methyl sites for hydroxylation is 1. The number of rotatable bonds is 8. The van der Waals surface area contributed by atoms with Gasteiger partial charge in [-0.25, -0.2) is 13.2 Å². The molecular weight excluding hydrogens is 624 g/mol.